The number of aromatic nitrogens is 2. The van der Waals surface area contributed by atoms with Gasteiger partial charge in [-0.15, -0.1) is 0 Å². The highest BCUT2D eigenvalue weighted by Gasteiger charge is 2.28. The summed E-state index contributed by atoms with van der Waals surface area (Å²) < 4.78 is 31.5. The highest BCUT2D eigenvalue weighted by Crippen LogP contribution is 2.27. The number of hydrogen-bond acceptors (Lipinski definition) is 4. The second kappa shape index (κ2) is 12.3. The molecule has 0 aliphatic carbocycles. The van der Waals surface area contributed by atoms with E-state index in [1.54, 1.807) is 6.20 Å². The number of rotatable bonds is 6. The molecule has 0 saturated heterocycles. The second-order valence-electron chi connectivity index (χ2n) is 7.21. The molecule has 0 aliphatic rings. The molecule has 34 heavy (non-hydrogen) atoms. The molecule has 6 nitrogen and oxygen atoms in total. The van der Waals surface area contributed by atoms with Gasteiger partial charge in [-0.2, -0.15) is 13.2 Å². The highest BCUT2D eigenvalue weighted by atomic mass is 35.5. The first-order valence-electron chi connectivity index (χ1n) is 9.87. The molecule has 2 N–H and O–H groups in total. The minimum absolute atomic E-state index is 0.0769. The van der Waals surface area contributed by atoms with Crippen LogP contribution in [0.15, 0.2) is 67.3 Å². The quantitative estimate of drug-likeness (QED) is 0.544. The van der Waals surface area contributed by atoms with E-state index in [2.05, 4.69) is 15.3 Å². The van der Waals surface area contributed by atoms with Gasteiger partial charge in [0.05, 0.1) is 0 Å². The molecule has 2 atom stereocenters. The van der Waals surface area contributed by atoms with Gasteiger partial charge in [-0.25, -0.2) is 4.98 Å². The molecule has 0 unspecified atom stereocenters. The maximum atomic E-state index is 12.5. The van der Waals surface area contributed by atoms with Crippen LogP contribution in [0, 0.1) is 0 Å². The minimum atomic E-state index is -5.19. The van der Waals surface area contributed by atoms with Crippen molar-refractivity contribution in [3.8, 4) is 0 Å². The summed E-state index contributed by atoms with van der Waals surface area (Å²) in [6.07, 6.45) is 0.261. The van der Waals surface area contributed by atoms with Crippen LogP contribution in [0.1, 0.15) is 34.3 Å². The summed E-state index contributed by atoms with van der Waals surface area (Å²) in [7, 11) is 0. The van der Waals surface area contributed by atoms with Gasteiger partial charge in [-0.05, 0) is 48.7 Å². The lowest BCUT2D eigenvalue weighted by molar-refractivity contribution is -0.383. The van der Waals surface area contributed by atoms with E-state index >= 15 is 0 Å². The number of nitrogens with zero attached hydrogens (tertiary/aromatic N) is 1. The van der Waals surface area contributed by atoms with Gasteiger partial charge in [0.15, 0.2) is 6.20 Å². The fourth-order valence-corrected chi connectivity index (χ4v) is 3.26. The van der Waals surface area contributed by atoms with E-state index in [-0.39, 0.29) is 17.9 Å². The average Bonchev–Trinajstić information content (AvgIpc) is 2.79. The molecular weight excluding hydrogens is 494 g/mol. The van der Waals surface area contributed by atoms with E-state index in [0.717, 1.165) is 17.5 Å². The smallest absolute Gasteiger partial charge is 0.430 e. The van der Waals surface area contributed by atoms with Crippen molar-refractivity contribution in [3.63, 3.8) is 0 Å². The summed E-state index contributed by atoms with van der Waals surface area (Å²) in [5, 5.41) is 13.3. The first kappa shape index (κ1) is 27.1. The first-order chi connectivity index (χ1) is 16.0. The van der Waals surface area contributed by atoms with Crippen molar-refractivity contribution in [2.75, 3.05) is 0 Å². The largest absolute Gasteiger partial charge is 0.542 e. The van der Waals surface area contributed by atoms with Crippen molar-refractivity contribution in [2.45, 2.75) is 31.5 Å². The Hall–Kier alpha value is -3.17. The molecule has 0 bridgehead atoms. The van der Waals surface area contributed by atoms with Gasteiger partial charge >= 0.3 is 6.18 Å². The topological polar surface area (TPSA) is 96.3 Å². The molecule has 180 valence electrons. The van der Waals surface area contributed by atoms with Crippen LogP contribution in [0.3, 0.4) is 0 Å². The van der Waals surface area contributed by atoms with Crippen molar-refractivity contribution in [2.24, 2.45) is 0 Å². The van der Waals surface area contributed by atoms with Crippen LogP contribution < -0.4 is 15.4 Å². The first-order valence-corrected chi connectivity index (χ1v) is 10.6. The molecular formula is C23H20Cl2F3N3O3. The van der Waals surface area contributed by atoms with Crippen LogP contribution in [-0.4, -0.2) is 29.1 Å². The van der Waals surface area contributed by atoms with Gasteiger partial charge in [-0.1, -0.05) is 52.5 Å². The van der Waals surface area contributed by atoms with Crippen LogP contribution in [0.25, 0.3) is 0 Å². The summed E-state index contributed by atoms with van der Waals surface area (Å²) >= 11 is 12.0. The van der Waals surface area contributed by atoms with Crippen molar-refractivity contribution >= 4 is 35.1 Å². The molecule has 2 aromatic carbocycles. The summed E-state index contributed by atoms with van der Waals surface area (Å²) in [4.78, 5) is 28.1. The maximum Gasteiger partial charge on any atom is 0.430 e. The Labute approximate surface area is 203 Å². The standard InChI is InChI=1S/C21H19Cl2N3O.C2HF3O2/c1-14(26-21(27)17-11-24-13-25-12-17)20(16-4-8-19(23)9-5-16)10-15-2-6-18(22)7-3-15;3-2(4,5)1(6)7/h2-9,11-14,20H,10H2,1H3,(H,26,27);(H,6,7)/t14-,20+;/m1./s1. The predicted octanol–water partition coefficient (Wildman–Crippen LogP) is 3.65. The summed E-state index contributed by atoms with van der Waals surface area (Å²) in [6.45, 7) is 2.01. The SMILES string of the molecule is C[C@@H](NC(=O)c1cnc[nH+]c1)[C@H](Cc1ccc(Cl)cc1)c1ccc(Cl)cc1.O=C([O-])C(F)(F)F. The maximum absolute atomic E-state index is 12.5. The van der Waals surface area contributed by atoms with E-state index in [1.165, 1.54) is 12.5 Å². The third-order valence-corrected chi connectivity index (χ3v) is 5.23. The van der Waals surface area contributed by atoms with Crippen LogP contribution in [0.4, 0.5) is 13.2 Å². The van der Waals surface area contributed by atoms with Crippen LogP contribution in [0.5, 0.6) is 0 Å². The van der Waals surface area contributed by atoms with Crippen LogP contribution in [-0.2, 0) is 11.2 Å². The van der Waals surface area contributed by atoms with Crippen molar-refractivity contribution in [3.05, 3.63) is 94.0 Å². The number of carbonyl (C=O) groups excluding carboxylic acids is 2. The van der Waals surface area contributed by atoms with E-state index in [1.807, 2.05) is 55.5 Å². The lowest BCUT2D eigenvalue weighted by Gasteiger charge is -2.26. The Bertz CT molecular complexity index is 1080. The van der Waals surface area contributed by atoms with E-state index < -0.39 is 12.1 Å². The Kier molecular flexibility index (Phi) is 9.83. The summed E-state index contributed by atoms with van der Waals surface area (Å²) in [5.74, 6) is -3.09. The summed E-state index contributed by atoms with van der Waals surface area (Å²) in [6, 6.07) is 15.4. The minimum Gasteiger partial charge on any atom is -0.542 e. The lowest BCUT2D eigenvalue weighted by Crippen LogP contribution is -2.38. The van der Waals surface area contributed by atoms with Crippen molar-refractivity contribution in [1.29, 1.82) is 0 Å². The molecule has 0 saturated carbocycles. The molecule has 1 aromatic heterocycles. The fourth-order valence-electron chi connectivity index (χ4n) is 3.01. The number of aromatic amines is 1. The average molecular weight is 514 g/mol. The number of halogens is 5. The molecule has 3 rings (SSSR count). The number of alkyl halides is 3. The van der Waals surface area contributed by atoms with Crippen LogP contribution >= 0.6 is 23.2 Å². The van der Waals surface area contributed by atoms with Gasteiger partial charge in [0.25, 0.3) is 12.2 Å². The van der Waals surface area contributed by atoms with Gasteiger partial charge in [0, 0.05) is 22.0 Å². The number of carboxylic acids is 1. The molecule has 3 aromatic rings. The molecule has 1 heterocycles. The van der Waals surface area contributed by atoms with Gasteiger partial charge in [-0.3, -0.25) is 4.79 Å². The zero-order valence-corrected chi connectivity index (χ0v) is 19.3. The Balaban J connectivity index is 0.000000509. The molecule has 11 heteroatoms. The fraction of sp³-hybridized carbons (Fsp3) is 0.217. The number of hydrogen-bond donors (Lipinski definition) is 1. The number of H-pyrrole nitrogens is 1. The number of nitrogens with one attached hydrogen (secondary N) is 2. The van der Waals surface area contributed by atoms with Gasteiger partial charge in [0.2, 0.25) is 0 Å². The van der Waals surface area contributed by atoms with Crippen LogP contribution in [0.2, 0.25) is 10.0 Å². The molecule has 0 fully saturated rings. The monoisotopic (exact) mass is 513 g/mol. The predicted molar refractivity (Wildman–Crippen MR) is 118 cm³/mol. The number of carboxylic acid groups (broad SMARTS) is 1. The van der Waals surface area contributed by atoms with E-state index in [9.17, 15) is 18.0 Å². The molecule has 0 spiro atoms. The normalized spacial score (nSPS) is 12.6. The Morgan fingerprint density at radius 2 is 1.59 bits per heavy atom. The molecule has 1 amide bonds. The summed E-state index contributed by atoms with van der Waals surface area (Å²) in [5.41, 5.74) is 2.75. The zero-order valence-electron chi connectivity index (χ0n) is 17.8. The molecule has 0 radical (unpaired) electrons. The van der Waals surface area contributed by atoms with E-state index in [4.69, 9.17) is 33.1 Å². The Morgan fingerprint density at radius 3 is 2.06 bits per heavy atom. The van der Waals surface area contributed by atoms with Crippen molar-refractivity contribution in [1.82, 2.24) is 10.3 Å². The molecule has 0 aliphatic heterocycles. The van der Waals surface area contributed by atoms with Gasteiger partial charge in [0.1, 0.15) is 17.7 Å². The second-order valence-corrected chi connectivity index (χ2v) is 8.08. The number of carbonyl (C=O) groups is 2. The Morgan fingerprint density at radius 1 is 1.06 bits per heavy atom. The van der Waals surface area contributed by atoms with E-state index in [0.29, 0.717) is 15.6 Å². The zero-order chi connectivity index (χ0) is 25.3. The number of aliphatic carboxylic acids is 1. The third kappa shape index (κ3) is 8.64. The van der Waals surface area contributed by atoms with Gasteiger partial charge < -0.3 is 15.2 Å². The third-order valence-electron chi connectivity index (χ3n) is 4.72. The number of benzene rings is 2. The number of amides is 1. The van der Waals surface area contributed by atoms with Crippen molar-refractivity contribution < 1.29 is 32.9 Å². The highest BCUT2D eigenvalue weighted by molar-refractivity contribution is 6.30. The lowest BCUT2D eigenvalue weighted by atomic mass is 9.86.